The molecule has 3 aromatic rings. The Hall–Kier alpha value is -1.95. The summed E-state index contributed by atoms with van der Waals surface area (Å²) in [5.74, 6) is -0.410. The van der Waals surface area contributed by atoms with Crippen LogP contribution in [-0.4, -0.2) is 55.6 Å². The first kappa shape index (κ1) is 22.8. The summed E-state index contributed by atoms with van der Waals surface area (Å²) in [6.07, 6.45) is 1.03. The zero-order valence-corrected chi connectivity index (χ0v) is 21.2. The summed E-state index contributed by atoms with van der Waals surface area (Å²) < 4.78 is 14.6. The van der Waals surface area contributed by atoms with E-state index in [9.17, 15) is 14.3 Å². The fraction of sp³-hybridized carbons (Fsp3) is 0.273. The number of aliphatic imine (C=N–C) groups is 3. The Bertz CT molecular complexity index is 1330. The van der Waals surface area contributed by atoms with Gasteiger partial charge < -0.3 is 10.1 Å². The topological polar surface area (TPSA) is 90.2 Å². The number of benzene rings is 1. The number of nitrogens with zero attached hydrogens (tertiary/aromatic N) is 3. The lowest BCUT2D eigenvalue weighted by atomic mass is 9.96. The van der Waals surface area contributed by atoms with Crippen molar-refractivity contribution in [1.82, 2.24) is 4.98 Å². The summed E-state index contributed by atoms with van der Waals surface area (Å²) in [7, 11) is 0. The van der Waals surface area contributed by atoms with Crippen molar-refractivity contribution >= 4 is 83.6 Å². The highest BCUT2D eigenvalue weighted by Gasteiger charge is 2.43. The molecule has 0 fully saturated rings. The molecule has 1 aromatic carbocycles. The van der Waals surface area contributed by atoms with E-state index in [0.717, 1.165) is 36.9 Å². The van der Waals surface area contributed by atoms with E-state index in [1.54, 1.807) is 17.4 Å². The molecule has 6 nitrogen and oxygen atoms in total. The van der Waals surface area contributed by atoms with E-state index in [-0.39, 0.29) is 12.2 Å². The Balaban J connectivity index is 1.29. The van der Waals surface area contributed by atoms with Gasteiger partial charge in [0, 0.05) is 47.0 Å². The standard InChI is InChI=1S/C22H18BrFN4O2S3/c23-18-4-3-17(33-18)15-5-6-25-21(27-15)31-10-19-28-22(11-32-19,20(29)30)9-14-7-12-1-2-13(24)8-16(12)26-14/h1-4,7-8,26H,5-6,9-11H2,(H,29,30). The van der Waals surface area contributed by atoms with Crippen molar-refractivity contribution in [2.24, 2.45) is 15.0 Å². The third-order valence-electron chi connectivity index (χ3n) is 5.35. The van der Waals surface area contributed by atoms with Gasteiger partial charge in [-0.15, -0.1) is 23.1 Å². The Kier molecular flexibility index (Phi) is 6.47. The highest BCUT2D eigenvalue weighted by atomic mass is 79.9. The van der Waals surface area contributed by atoms with E-state index >= 15 is 0 Å². The van der Waals surface area contributed by atoms with Crippen molar-refractivity contribution in [3.8, 4) is 0 Å². The molecule has 4 heterocycles. The van der Waals surface area contributed by atoms with Crippen LogP contribution in [0.3, 0.4) is 0 Å². The molecule has 0 amide bonds. The number of amidine groups is 1. The van der Waals surface area contributed by atoms with Gasteiger partial charge in [-0.05, 0) is 57.7 Å². The van der Waals surface area contributed by atoms with Crippen LogP contribution in [0.1, 0.15) is 17.0 Å². The molecule has 0 aliphatic carbocycles. The highest BCUT2D eigenvalue weighted by Crippen LogP contribution is 2.34. The predicted octanol–water partition coefficient (Wildman–Crippen LogP) is 5.62. The quantitative estimate of drug-likeness (QED) is 0.406. The summed E-state index contributed by atoms with van der Waals surface area (Å²) >= 11 is 8.09. The number of carboxylic acid groups (broad SMARTS) is 1. The molecular formula is C22H18BrFN4O2S3. The Morgan fingerprint density at radius 1 is 1.30 bits per heavy atom. The number of nitrogens with one attached hydrogen (secondary N) is 1. The lowest BCUT2D eigenvalue weighted by molar-refractivity contribution is -0.142. The molecule has 1 atom stereocenters. The Morgan fingerprint density at radius 3 is 2.97 bits per heavy atom. The predicted molar refractivity (Wildman–Crippen MR) is 140 cm³/mol. The fourth-order valence-electron chi connectivity index (χ4n) is 3.74. The molecular weight excluding hydrogens is 547 g/mol. The number of fused-ring (bicyclic) bond motifs is 1. The number of hydrogen-bond acceptors (Lipinski definition) is 7. The van der Waals surface area contributed by atoms with Gasteiger partial charge in [-0.2, -0.15) is 0 Å². The van der Waals surface area contributed by atoms with Crippen LogP contribution in [0.5, 0.6) is 0 Å². The van der Waals surface area contributed by atoms with Crippen molar-refractivity contribution in [3.05, 3.63) is 56.6 Å². The zero-order chi connectivity index (χ0) is 23.0. The molecule has 1 unspecified atom stereocenters. The number of rotatable bonds is 6. The number of hydrogen-bond donors (Lipinski definition) is 2. The monoisotopic (exact) mass is 564 g/mol. The molecule has 2 aliphatic heterocycles. The number of thioether (sulfide) groups is 2. The highest BCUT2D eigenvalue weighted by molar-refractivity contribution is 9.11. The van der Waals surface area contributed by atoms with Crippen LogP contribution >= 0.6 is 50.8 Å². The van der Waals surface area contributed by atoms with Crippen LogP contribution < -0.4 is 0 Å². The number of H-pyrrole nitrogens is 1. The van der Waals surface area contributed by atoms with E-state index in [4.69, 9.17) is 4.99 Å². The summed E-state index contributed by atoms with van der Waals surface area (Å²) in [4.78, 5) is 30.3. The molecule has 5 rings (SSSR count). The fourth-order valence-corrected chi connectivity index (χ4v) is 7.26. The zero-order valence-electron chi connectivity index (χ0n) is 17.2. The van der Waals surface area contributed by atoms with E-state index in [1.807, 2.05) is 12.1 Å². The van der Waals surface area contributed by atoms with E-state index in [1.165, 1.54) is 35.7 Å². The number of aliphatic carboxylic acids is 1. The van der Waals surface area contributed by atoms with Crippen LogP contribution in [0.4, 0.5) is 4.39 Å². The molecule has 33 heavy (non-hydrogen) atoms. The van der Waals surface area contributed by atoms with Crippen LogP contribution in [0.25, 0.3) is 10.9 Å². The molecule has 0 saturated heterocycles. The number of carboxylic acids is 1. The molecule has 0 saturated carbocycles. The van der Waals surface area contributed by atoms with Gasteiger partial charge in [0.1, 0.15) is 5.82 Å². The first-order valence-electron chi connectivity index (χ1n) is 10.1. The summed E-state index contributed by atoms with van der Waals surface area (Å²) in [6.45, 7) is 0.691. The van der Waals surface area contributed by atoms with Crippen LogP contribution in [0, 0.1) is 5.82 Å². The Morgan fingerprint density at radius 2 is 2.18 bits per heavy atom. The second kappa shape index (κ2) is 9.36. The summed E-state index contributed by atoms with van der Waals surface area (Å²) in [5.41, 5.74) is 1.16. The molecule has 11 heteroatoms. The number of carbonyl (C=O) groups is 1. The molecule has 2 aromatic heterocycles. The minimum atomic E-state index is -1.24. The number of aromatic amines is 1. The lowest BCUT2D eigenvalue weighted by Gasteiger charge is -2.19. The van der Waals surface area contributed by atoms with Crippen molar-refractivity contribution < 1.29 is 14.3 Å². The molecule has 0 spiro atoms. The van der Waals surface area contributed by atoms with E-state index in [2.05, 4.69) is 37.0 Å². The maximum absolute atomic E-state index is 13.5. The van der Waals surface area contributed by atoms with Gasteiger partial charge in [0.2, 0.25) is 0 Å². The van der Waals surface area contributed by atoms with Crippen molar-refractivity contribution in [3.63, 3.8) is 0 Å². The number of aromatic nitrogens is 1. The van der Waals surface area contributed by atoms with E-state index in [0.29, 0.717) is 28.7 Å². The Labute approximate surface area is 210 Å². The second-order valence-corrected chi connectivity index (χ2v) is 12.2. The molecule has 0 bridgehead atoms. The van der Waals surface area contributed by atoms with E-state index < -0.39 is 11.5 Å². The number of halogens is 2. The van der Waals surface area contributed by atoms with Crippen LogP contribution in [0.2, 0.25) is 0 Å². The first-order valence-corrected chi connectivity index (χ1v) is 13.7. The third kappa shape index (κ3) is 4.96. The van der Waals surface area contributed by atoms with Gasteiger partial charge in [0.05, 0.1) is 14.5 Å². The normalized spacial score (nSPS) is 20.6. The summed E-state index contributed by atoms with van der Waals surface area (Å²) in [6, 6.07) is 10.4. The van der Waals surface area contributed by atoms with Crippen LogP contribution in [0.15, 0.2) is 55.2 Å². The first-order chi connectivity index (χ1) is 15.9. The second-order valence-electron chi connectivity index (χ2n) is 7.70. The van der Waals surface area contributed by atoms with Gasteiger partial charge in [0.15, 0.2) is 10.7 Å². The minimum absolute atomic E-state index is 0.219. The maximum Gasteiger partial charge on any atom is 0.332 e. The SMILES string of the molecule is O=C(O)C1(Cc2cc3ccc(F)cc3[nH]2)CSC(CSC2=NCCC(c3ccc(Br)s3)=N2)=N1. The average molecular weight is 566 g/mol. The van der Waals surface area contributed by atoms with Crippen LogP contribution in [-0.2, 0) is 11.2 Å². The summed E-state index contributed by atoms with van der Waals surface area (Å²) in [5, 5.41) is 12.3. The van der Waals surface area contributed by atoms with Crippen molar-refractivity contribution in [2.45, 2.75) is 18.4 Å². The largest absolute Gasteiger partial charge is 0.479 e. The maximum atomic E-state index is 13.5. The molecule has 170 valence electrons. The molecule has 2 aliphatic rings. The van der Waals surface area contributed by atoms with Gasteiger partial charge in [-0.25, -0.2) is 14.2 Å². The third-order valence-corrected chi connectivity index (χ3v) is 9.29. The minimum Gasteiger partial charge on any atom is -0.479 e. The molecule has 2 N–H and O–H groups in total. The van der Waals surface area contributed by atoms with Gasteiger partial charge in [-0.3, -0.25) is 9.98 Å². The van der Waals surface area contributed by atoms with Crippen molar-refractivity contribution in [1.29, 1.82) is 0 Å². The van der Waals surface area contributed by atoms with Gasteiger partial charge in [0.25, 0.3) is 0 Å². The van der Waals surface area contributed by atoms with Gasteiger partial charge >= 0.3 is 5.97 Å². The number of thiophene rings is 1. The average Bonchev–Trinajstić information content (AvgIpc) is 3.51. The smallest absolute Gasteiger partial charge is 0.332 e. The lowest BCUT2D eigenvalue weighted by Crippen LogP contribution is -2.39. The van der Waals surface area contributed by atoms with Gasteiger partial charge in [-0.1, -0.05) is 11.8 Å². The van der Waals surface area contributed by atoms with Crippen molar-refractivity contribution in [2.75, 3.05) is 18.1 Å². The molecule has 0 radical (unpaired) electrons.